The van der Waals surface area contributed by atoms with Gasteiger partial charge in [-0.2, -0.15) is 0 Å². The van der Waals surface area contributed by atoms with Crippen LogP contribution in [0.2, 0.25) is 0 Å². The van der Waals surface area contributed by atoms with E-state index in [2.05, 4.69) is 20.5 Å². The summed E-state index contributed by atoms with van der Waals surface area (Å²) in [5.41, 5.74) is 1.10. The van der Waals surface area contributed by atoms with Crippen molar-refractivity contribution < 1.29 is 13.9 Å². The van der Waals surface area contributed by atoms with Crippen LogP contribution in [0.3, 0.4) is 0 Å². The normalized spacial score (nSPS) is 16.3. The fourth-order valence-electron chi connectivity index (χ4n) is 3.13. The van der Waals surface area contributed by atoms with Crippen molar-refractivity contribution in [3.63, 3.8) is 0 Å². The highest BCUT2D eigenvalue weighted by atomic mass is 127. The van der Waals surface area contributed by atoms with E-state index in [0.29, 0.717) is 6.54 Å². The quantitative estimate of drug-likeness (QED) is 0.221. The first-order valence-electron chi connectivity index (χ1n) is 9.84. The predicted octanol–water partition coefficient (Wildman–Crippen LogP) is 2.80. The number of aliphatic imine (C=N–C) groups is 1. The van der Waals surface area contributed by atoms with E-state index in [-0.39, 0.29) is 35.8 Å². The zero-order chi connectivity index (χ0) is 19.3. The third-order valence-electron chi connectivity index (χ3n) is 4.64. The Morgan fingerprint density at radius 1 is 1.21 bits per heavy atom. The van der Waals surface area contributed by atoms with Crippen molar-refractivity contribution in [2.24, 2.45) is 4.99 Å². The standard InChI is InChI=1S/C20H33FN4O2.HI/c1-3-26-13-5-4-10-23-20(22-2)24-16-19(25-11-14-27-15-12-25)17-6-8-18(21)9-7-17;/h6-9,19H,3-5,10-16H2,1-2H3,(H2,22,23,24);1H. The zero-order valence-corrected chi connectivity index (χ0v) is 19.3. The Bertz CT molecular complexity index is 554. The number of benzene rings is 1. The Morgan fingerprint density at radius 3 is 2.57 bits per heavy atom. The van der Waals surface area contributed by atoms with Gasteiger partial charge in [-0.05, 0) is 37.5 Å². The first-order chi connectivity index (χ1) is 13.2. The van der Waals surface area contributed by atoms with Crippen LogP contribution in [0.25, 0.3) is 0 Å². The SMILES string of the molecule is CCOCCCCNC(=NC)NCC(c1ccc(F)cc1)N1CCOCC1.I. The lowest BCUT2D eigenvalue weighted by Crippen LogP contribution is -2.46. The van der Waals surface area contributed by atoms with Crippen molar-refractivity contribution in [3.05, 3.63) is 35.6 Å². The van der Waals surface area contributed by atoms with Crippen molar-refractivity contribution in [2.45, 2.75) is 25.8 Å². The van der Waals surface area contributed by atoms with Gasteiger partial charge in [0.2, 0.25) is 0 Å². The highest BCUT2D eigenvalue weighted by Crippen LogP contribution is 2.21. The Kier molecular flexibility index (Phi) is 13.4. The molecule has 1 heterocycles. The molecule has 1 fully saturated rings. The van der Waals surface area contributed by atoms with Gasteiger partial charge >= 0.3 is 0 Å². The van der Waals surface area contributed by atoms with Gasteiger partial charge in [0.25, 0.3) is 0 Å². The van der Waals surface area contributed by atoms with Gasteiger partial charge in [-0.25, -0.2) is 4.39 Å². The van der Waals surface area contributed by atoms with Gasteiger partial charge < -0.3 is 20.1 Å². The minimum absolute atomic E-state index is 0. The molecule has 1 saturated heterocycles. The Morgan fingerprint density at radius 2 is 1.93 bits per heavy atom. The average molecular weight is 508 g/mol. The fraction of sp³-hybridized carbons (Fsp3) is 0.650. The van der Waals surface area contributed by atoms with Crippen LogP contribution in [-0.2, 0) is 9.47 Å². The molecule has 0 aliphatic carbocycles. The average Bonchev–Trinajstić information content (AvgIpc) is 2.71. The minimum atomic E-state index is -0.211. The van der Waals surface area contributed by atoms with Crippen molar-refractivity contribution in [1.82, 2.24) is 15.5 Å². The molecule has 1 aliphatic heterocycles. The Labute approximate surface area is 185 Å². The summed E-state index contributed by atoms with van der Waals surface area (Å²) in [6, 6.07) is 6.91. The van der Waals surface area contributed by atoms with E-state index < -0.39 is 0 Å². The first kappa shape index (κ1) is 25.1. The van der Waals surface area contributed by atoms with Crippen LogP contribution >= 0.6 is 24.0 Å². The molecule has 0 spiro atoms. The predicted molar refractivity (Wildman–Crippen MR) is 122 cm³/mol. The molecule has 0 amide bonds. The fourth-order valence-corrected chi connectivity index (χ4v) is 3.13. The summed E-state index contributed by atoms with van der Waals surface area (Å²) in [5, 5.41) is 6.76. The van der Waals surface area contributed by atoms with Crippen molar-refractivity contribution in [2.75, 3.05) is 59.7 Å². The molecule has 1 aromatic rings. The molecule has 2 N–H and O–H groups in total. The van der Waals surface area contributed by atoms with Gasteiger partial charge in [-0.3, -0.25) is 9.89 Å². The minimum Gasteiger partial charge on any atom is -0.382 e. The summed E-state index contributed by atoms with van der Waals surface area (Å²) >= 11 is 0. The van der Waals surface area contributed by atoms with Crippen LogP contribution in [0.4, 0.5) is 4.39 Å². The number of unbranched alkanes of at least 4 members (excludes halogenated alkanes) is 1. The van der Waals surface area contributed by atoms with Crippen LogP contribution in [0, 0.1) is 5.82 Å². The molecule has 1 aromatic carbocycles. The molecule has 0 radical (unpaired) electrons. The van der Waals surface area contributed by atoms with Crippen molar-refractivity contribution in [1.29, 1.82) is 0 Å². The van der Waals surface area contributed by atoms with Crippen LogP contribution in [0.15, 0.2) is 29.3 Å². The van der Waals surface area contributed by atoms with E-state index in [1.54, 1.807) is 7.05 Å². The number of hydrogen-bond acceptors (Lipinski definition) is 4. The topological polar surface area (TPSA) is 58.1 Å². The second-order valence-corrected chi connectivity index (χ2v) is 6.50. The maximum absolute atomic E-state index is 13.3. The molecule has 1 unspecified atom stereocenters. The Hall–Kier alpha value is -0.970. The van der Waals surface area contributed by atoms with Crippen molar-refractivity contribution in [3.8, 4) is 0 Å². The molecule has 1 aliphatic rings. The van der Waals surface area contributed by atoms with Gasteiger partial charge in [0.15, 0.2) is 5.96 Å². The molecule has 28 heavy (non-hydrogen) atoms. The van der Waals surface area contributed by atoms with E-state index in [4.69, 9.17) is 9.47 Å². The second-order valence-electron chi connectivity index (χ2n) is 6.50. The Balaban J connectivity index is 0.00000392. The highest BCUT2D eigenvalue weighted by Gasteiger charge is 2.23. The third-order valence-corrected chi connectivity index (χ3v) is 4.64. The van der Waals surface area contributed by atoms with E-state index in [1.807, 2.05) is 19.1 Å². The molecule has 0 bridgehead atoms. The summed E-state index contributed by atoms with van der Waals surface area (Å²) in [7, 11) is 1.77. The monoisotopic (exact) mass is 508 g/mol. The van der Waals surface area contributed by atoms with E-state index in [9.17, 15) is 4.39 Å². The number of nitrogens with one attached hydrogen (secondary N) is 2. The zero-order valence-electron chi connectivity index (χ0n) is 17.0. The summed E-state index contributed by atoms with van der Waals surface area (Å²) < 4.78 is 24.2. The molecule has 0 saturated carbocycles. The summed E-state index contributed by atoms with van der Waals surface area (Å²) in [4.78, 5) is 6.68. The van der Waals surface area contributed by atoms with Crippen LogP contribution in [-0.4, -0.2) is 70.5 Å². The number of nitrogens with zero attached hydrogens (tertiary/aromatic N) is 2. The van der Waals surface area contributed by atoms with Gasteiger partial charge in [0.1, 0.15) is 5.82 Å². The third kappa shape index (κ3) is 9.02. The molecule has 2 rings (SSSR count). The number of hydrogen-bond donors (Lipinski definition) is 2. The number of guanidine groups is 1. The van der Waals surface area contributed by atoms with Crippen LogP contribution < -0.4 is 10.6 Å². The number of halogens is 2. The highest BCUT2D eigenvalue weighted by molar-refractivity contribution is 14.0. The second kappa shape index (κ2) is 14.9. The lowest BCUT2D eigenvalue weighted by atomic mass is 10.0. The lowest BCUT2D eigenvalue weighted by Gasteiger charge is -2.35. The molecule has 8 heteroatoms. The van der Waals surface area contributed by atoms with Gasteiger partial charge in [0.05, 0.1) is 19.3 Å². The number of morpholine rings is 1. The summed E-state index contributed by atoms with van der Waals surface area (Å²) in [6.07, 6.45) is 2.06. The van der Waals surface area contributed by atoms with E-state index in [0.717, 1.165) is 70.4 Å². The lowest BCUT2D eigenvalue weighted by molar-refractivity contribution is 0.0170. The van der Waals surface area contributed by atoms with Crippen LogP contribution in [0.1, 0.15) is 31.4 Å². The molecule has 1 atom stereocenters. The summed E-state index contributed by atoms with van der Waals surface area (Å²) in [5.74, 6) is 0.573. The summed E-state index contributed by atoms with van der Waals surface area (Å²) in [6.45, 7) is 8.32. The van der Waals surface area contributed by atoms with E-state index in [1.165, 1.54) is 12.1 Å². The molecular weight excluding hydrogens is 474 g/mol. The van der Waals surface area contributed by atoms with Gasteiger partial charge in [-0.15, -0.1) is 24.0 Å². The first-order valence-corrected chi connectivity index (χ1v) is 9.84. The number of ether oxygens (including phenoxy) is 2. The van der Waals surface area contributed by atoms with Crippen LogP contribution in [0.5, 0.6) is 0 Å². The largest absolute Gasteiger partial charge is 0.382 e. The molecular formula is C20H34FIN4O2. The molecule has 160 valence electrons. The molecule has 0 aromatic heterocycles. The van der Waals surface area contributed by atoms with Gasteiger partial charge in [0, 0.05) is 46.4 Å². The maximum atomic E-state index is 13.3. The van der Waals surface area contributed by atoms with E-state index >= 15 is 0 Å². The maximum Gasteiger partial charge on any atom is 0.191 e. The number of rotatable bonds is 10. The molecule has 6 nitrogen and oxygen atoms in total. The van der Waals surface area contributed by atoms with Crippen molar-refractivity contribution >= 4 is 29.9 Å². The van der Waals surface area contributed by atoms with Gasteiger partial charge in [-0.1, -0.05) is 12.1 Å². The smallest absolute Gasteiger partial charge is 0.191 e.